The summed E-state index contributed by atoms with van der Waals surface area (Å²) in [7, 11) is 0. The van der Waals surface area contributed by atoms with E-state index in [2.05, 4.69) is 32.8 Å². The van der Waals surface area contributed by atoms with Gasteiger partial charge in [-0.25, -0.2) is 9.97 Å². The zero-order valence-electron chi connectivity index (χ0n) is 15.6. The Labute approximate surface area is 163 Å². The highest BCUT2D eigenvalue weighted by Gasteiger charge is 2.09. The van der Waals surface area contributed by atoms with Crippen molar-refractivity contribution in [2.75, 3.05) is 13.2 Å². The Bertz CT molecular complexity index is 722. The van der Waals surface area contributed by atoms with E-state index in [4.69, 9.17) is 9.47 Å². The molecule has 0 fully saturated rings. The summed E-state index contributed by atoms with van der Waals surface area (Å²) < 4.78 is 11.9. The topological polar surface area (TPSA) is 61.3 Å². The van der Waals surface area contributed by atoms with Gasteiger partial charge in [-0.1, -0.05) is 55.0 Å². The Balaban J connectivity index is 1.72. The number of nitrogens with zero attached hydrogens (tertiary/aromatic N) is 2. The average Bonchev–Trinajstić information content (AvgIpc) is 2.62. The molecule has 0 spiro atoms. The highest BCUT2D eigenvalue weighted by atomic mass is 79.9. The van der Waals surface area contributed by atoms with Crippen LogP contribution >= 0.6 is 15.9 Å². The molecule has 0 aliphatic carbocycles. The molecule has 0 unspecified atom stereocenters. The van der Waals surface area contributed by atoms with Crippen LogP contribution in [0, 0.1) is 6.92 Å². The van der Waals surface area contributed by atoms with E-state index in [1.807, 2.05) is 19.1 Å². The Kier molecular flexibility index (Phi) is 8.81. The van der Waals surface area contributed by atoms with Crippen LogP contribution in [0.15, 0.2) is 22.9 Å². The van der Waals surface area contributed by atoms with E-state index in [0.717, 1.165) is 33.9 Å². The molecule has 0 radical (unpaired) electrons. The van der Waals surface area contributed by atoms with Gasteiger partial charge in [0.1, 0.15) is 30.8 Å². The first-order chi connectivity index (χ1) is 12.6. The fourth-order valence-corrected chi connectivity index (χ4v) is 3.20. The summed E-state index contributed by atoms with van der Waals surface area (Å²) in [6.07, 6.45) is 8.96. The Hall–Kier alpha value is -1.69. The smallest absolute Gasteiger partial charge is 0.305 e. The van der Waals surface area contributed by atoms with Crippen molar-refractivity contribution in [3.8, 4) is 5.75 Å². The number of unbranched alkanes of at least 4 members (excludes halogenated alkanes) is 5. The van der Waals surface area contributed by atoms with Crippen LogP contribution < -0.4 is 4.74 Å². The lowest BCUT2D eigenvalue weighted by Crippen LogP contribution is -2.12. The van der Waals surface area contributed by atoms with Crippen molar-refractivity contribution in [3.63, 3.8) is 0 Å². The van der Waals surface area contributed by atoms with Gasteiger partial charge in [0.05, 0.1) is 0 Å². The molecule has 0 amide bonds. The Morgan fingerprint density at radius 2 is 1.85 bits per heavy atom. The number of carbonyl (C=O) groups is 1. The number of fused-ring (bicyclic) bond motifs is 1. The van der Waals surface area contributed by atoms with Crippen LogP contribution in [0.2, 0.25) is 0 Å². The number of hydrogen-bond acceptors (Lipinski definition) is 5. The lowest BCUT2D eigenvalue weighted by Gasteiger charge is -2.11. The van der Waals surface area contributed by atoms with Crippen molar-refractivity contribution in [1.82, 2.24) is 9.97 Å². The molecular weight excluding hydrogens is 396 g/mol. The van der Waals surface area contributed by atoms with E-state index < -0.39 is 0 Å². The third kappa shape index (κ3) is 6.56. The normalized spacial score (nSPS) is 10.9. The molecule has 0 saturated heterocycles. The molecule has 6 heteroatoms. The molecule has 26 heavy (non-hydrogen) atoms. The molecule has 0 saturated carbocycles. The summed E-state index contributed by atoms with van der Waals surface area (Å²) in [6.45, 7) is 4.68. The molecule has 5 nitrogen and oxygen atoms in total. The predicted octanol–water partition coefficient (Wildman–Crippen LogP) is 5.37. The maximum Gasteiger partial charge on any atom is 0.305 e. The lowest BCUT2D eigenvalue weighted by molar-refractivity contribution is -0.144. The number of carbonyl (C=O) groups excluding carboxylic acids is 1. The van der Waals surface area contributed by atoms with Gasteiger partial charge in [0.15, 0.2) is 0 Å². The minimum atomic E-state index is -0.152. The van der Waals surface area contributed by atoms with Gasteiger partial charge >= 0.3 is 5.97 Å². The van der Waals surface area contributed by atoms with Crippen LogP contribution in [0.1, 0.15) is 57.6 Å². The SMILES string of the molecule is CCCCCCCCC(=O)OCCOc1cc(Br)cc2c(C)ncnc12. The second-order valence-corrected chi connectivity index (χ2v) is 7.26. The monoisotopic (exact) mass is 422 g/mol. The molecule has 2 rings (SSSR count). The third-order valence-electron chi connectivity index (χ3n) is 4.21. The fourth-order valence-electron chi connectivity index (χ4n) is 2.76. The minimum absolute atomic E-state index is 0.152. The van der Waals surface area contributed by atoms with Gasteiger partial charge in [-0.15, -0.1) is 0 Å². The first-order valence-electron chi connectivity index (χ1n) is 9.31. The van der Waals surface area contributed by atoms with Crippen LogP contribution in [-0.2, 0) is 9.53 Å². The number of aryl methyl sites for hydroxylation is 1. The summed E-state index contributed by atoms with van der Waals surface area (Å²) in [4.78, 5) is 20.3. The first-order valence-corrected chi connectivity index (χ1v) is 10.1. The summed E-state index contributed by atoms with van der Waals surface area (Å²) in [5.74, 6) is 0.508. The van der Waals surface area contributed by atoms with E-state index in [0.29, 0.717) is 18.8 Å². The molecule has 0 N–H and O–H groups in total. The van der Waals surface area contributed by atoms with E-state index in [1.54, 1.807) is 0 Å². The van der Waals surface area contributed by atoms with Crippen LogP contribution in [-0.4, -0.2) is 29.2 Å². The predicted molar refractivity (Wildman–Crippen MR) is 106 cm³/mol. The lowest BCUT2D eigenvalue weighted by atomic mass is 10.1. The zero-order chi connectivity index (χ0) is 18.8. The van der Waals surface area contributed by atoms with E-state index in [1.165, 1.54) is 32.0 Å². The van der Waals surface area contributed by atoms with Gasteiger partial charge in [0, 0.05) is 22.0 Å². The second-order valence-electron chi connectivity index (χ2n) is 6.35. The van der Waals surface area contributed by atoms with Crippen molar-refractivity contribution >= 4 is 32.8 Å². The maximum atomic E-state index is 11.7. The fraction of sp³-hybridized carbons (Fsp3) is 0.550. The number of rotatable bonds is 11. The largest absolute Gasteiger partial charge is 0.488 e. The van der Waals surface area contributed by atoms with Gasteiger partial charge in [0.25, 0.3) is 0 Å². The molecule has 0 aliphatic rings. The average molecular weight is 423 g/mol. The number of ether oxygens (including phenoxy) is 2. The van der Waals surface area contributed by atoms with Gasteiger partial charge in [-0.3, -0.25) is 4.79 Å². The number of aromatic nitrogens is 2. The molecule has 142 valence electrons. The zero-order valence-corrected chi connectivity index (χ0v) is 17.2. The summed E-state index contributed by atoms with van der Waals surface area (Å²) in [5.41, 5.74) is 1.66. The van der Waals surface area contributed by atoms with Crippen LogP contribution in [0.3, 0.4) is 0 Å². The highest BCUT2D eigenvalue weighted by molar-refractivity contribution is 9.10. The number of hydrogen-bond donors (Lipinski definition) is 0. The van der Waals surface area contributed by atoms with E-state index >= 15 is 0 Å². The quantitative estimate of drug-likeness (QED) is 0.359. The third-order valence-corrected chi connectivity index (χ3v) is 4.66. The molecule has 2 aromatic rings. The summed E-state index contributed by atoms with van der Waals surface area (Å²) in [5, 5.41) is 0.942. The molecule has 1 aromatic carbocycles. The van der Waals surface area contributed by atoms with Gasteiger partial charge in [-0.2, -0.15) is 0 Å². The number of benzene rings is 1. The number of halogens is 1. The second kappa shape index (κ2) is 11.1. The molecular formula is C20H27BrN2O3. The maximum absolute atomic E-state index is 11.7. The summed E-state index contributed by atoms with van der Waals surface area (Å²) >= 11 is 3.48. The van der Waals surface area contributed by atoms with Gasteiger partial charge < -0.3 is 9.47 Å². The van der Waals surface area contributed by atoms with E-state index in [9.17, 15) is 4.79 Å². The van der Waals surface area contributed by atoms with Crippen molar-refractivity contribution in [2.45, 2.75) is 58.8 Å². The molecule has 0 atom stereocenters. The van der Waals surface area contributed by atoms with Crippen molar-refractivity contribution in [1.29, 1.82) is 0 Å². The first kappa shape index (κ1) is 20.6. The van der Waals surface area contributed by atoms with Crippen molar-refractivity contribution < 1.29 is 14.3 Å². The molecule has 1 heterocycles. The number of esters is 1. The van der Waals surface area contributed by atoms with Crippen molar-refractivity contribution in [2.24, 2.45) is 0 Å². The highest BCUT2D eigenvalue weighted by Crippen LogP contribution is 2.29. The Morgan fingerprint density at radius 3 is 2.65 bits per heavy atom. The van der Waals surface area contributed by atoms with Crippen LogP contribution in [0.4, 0.5) is 0 Å². The van der Waals surface area contributed by atoms with Gasteiger partial charge in [-0.05, 0) is 25.5 Å². The standard InChI is InChI=1S/C20H27BrN2O3/c1-3-4-5-6-7-8-9-19(24)26-11-10-25-18-13-16(21)12-17-15(2)22-14-23-20(17)18/h12-14H,3-11H2,1-2H3. The van der Waals surface area contributed by atoms with Crippen LogP contribution in [0.5, 0.6) is 5.75 Å². The molecule has 1 aromatic heterocycles. The molecule has 0 bridgehead atoms. The Morgan fingerprint density at radius 1 is 1.08 bits per heavy atom. The van der Waals surface area contributed by atoms with Gasteiger partial charge in [0.2, 0.25) is 0 Å². The molecule has 0 aliphatic heterocycles. The van der Waals surface area contributed by atoms with Crippen LogP contribution in [0.25, 0.3) is 10.9 Å². The summed E-state index contributed by atoms with van der Waals surface area (Å²) in [6, 6.07) is 3.84. The van der Waals surface area contributed by atoms with E-state index in [-0.39, 0.29) is 12.6 Å². The minimum Gasteiger partial charge on any atom is -0.488 e. The van der Waals surface area contributed by atoms with Crippen molar-refractivity contribution in [3.05, 3.63) is 28.6 Å².